The van der Waals surface area contributed by atoms with Gasteiger partial charge in [-0.1, -0.05) is 43.8 Å². The normalized spacial score (nSPS) is 11.2. The van der Waals surface area contributed by atoms with Gasteiger partial charge in [0.05, 0.1) is 17.1 Å². The highest BCUT2D eigenvalue weighted by Gasteiger charge is 2.21. The van der Waals surface area contributed by atoms with E-state index < -0.39 is 0 Å². The highest BCUT2D eigenvalue weighted by molar-refractivity contribution is 7.98. The van der Waals surface area contributed by atoms with E-state index >= 15 is 0 Å². The lowest BCUT2D eigenvalue weighted by atomic mass is 10.0. The number of hydrogen-bond acceptors (Lipinski definition) is 6. The third kappa shape index (κ3) is 3.89. The molecular weight excluding hydrogens is 394 g/mol. The van der Waals surface area contributed by atoms with Crippen molar-refractivity contribution in [2.24, 2.45) is 0 Å². The number of para-hydroxylation sites is 1. The van der Waals surface area contributed by atoms with Crippen LogP contribution >= 0.6 is 11.8 Å². The molecule has 0 bridgehead atoms. The van der Waals surface area contributed by atoms with E-state index in [4.69, 9.17) is 4.42 Å². The van der Waals surface area contributed by atoms with Crippen molar-refractivity contribution in [2.75, 3.05) is 0 Å². The van der Waals surface area contributed by atoms with Gasteiger partial charge in [0.1, 0.15) is 5.76 Å². The minimum Gasteiger partial charge on any atom is -0.445 e. The third-order valence-electron chi connectivity index (χ3n) is 5.14. The van der Waals surface area contributed by atoms with E-state index in [0.29, 0.717) is 11.6 Å². The van der Waals surface area contributed by atoms with Crippen LogP contribution in [-0.2, 0) is 18.6 Å². The molecule has 3 heterocycles. The first-order valence-electron chi connectivity index (χ1n) is 10.1. The van der Waals surface area contributed by atoms with Crippen LogP contribution in [0.1, 0.15) is 42.3 Å². The van der Waals surface area contributed by atoms with Gasteiger partial charge in [0, 0.05) is 18.0 Å². The molecule has 154 valence electrons. The summed E-state index contributed by atoms with van der Waals surface area (Å²) in [6.45, 7) is 8.25. The molecule has 0 spiro atoms. The van der Waals surface area contributed by atoms with E-state index in [2.05, 4.69) is 56.8 Å². The first-order chi connectivity index (χ1) is 14.6. The maximum absolute atomic E-state index is 5.76. The fourth-order valence-corrected chi connectivity index (χ4v) is 4.26. The molecule has 4 rings (SSSR count). The molecule has 1 aromatic carbocycles. The largest absolute Gasteiger partial charge is 0.445 e. The Hall–Kier alpha value is -2.93. The minimum absolute atomic E-state index is 0.593. The zero-order valence-electron chi connectivity index (χ0n) is 17.7. The standard InChI is InChI=1S/C23H25N5OS/c1-5-17-9-7-10-18(6-2)21(17)28-22(19-11-8-12-24-13-19)26-27-23(28)30-14-20-25-15(3)16(4)29-20/h7-13H,5-6,14H2,1-4H3. The molecule has 30 heavy (non-hydrogen) atoms. The van der Waals surface area contributed by atoms with Crippen LogP contribution in [0.3, 0.4) is 0 Å². The van der Waals surface area contributed by atoms with E-state index in [1.165, 1.54) is 11.1 Å². The average molecular weight is 420 g/mol. The Balaban J connectivity index is 1.83. The molecule has 0 aliphatic rings. The van der Waals surface area contributed by atoms with Crippen LogP contribution in [0.15, 0.2) is 52.3 Å². The van der Waals surface area contributed by atoms with Gasteiger partial charge in [-0.25, -0.2) is 4.98 Å². The van der Waals surface area contributed by atoms with Crippen LogP contribution in [0.4, 0.5) is 0 Å². The lowest BCUT2D eigenvalue weighted by molar-refractivity contribution is 0.489. The molecule has 4 aromatic rings. The van der Waals surface area contributed by atoms with Crippen molar-refractivity contribution < 1.29 is 4.42 Å². The highest BCUT2D eigenvalue weighted by atomic mass is 32.2. The summed E-state index contributed by atoms with van der Waals surface area (Å²) in [5.41, 5.74) is 5.56. The minimum atomic E-state index is 0.593. The molecule has 0 saturated heterocycles. The predicted octanol–water partition coefficient (Wildman–Crippen LogP) is 5.35. The second-order valence-corrected chi connectivity index (χ2v) is 8.00. The number of thioether (sulfide) groups is 1. The quantitative estimate of drug-likeness (QED) is 0.376. The van der Waals surface area contributed by atoms with E-state index in [1.54, 1.807) is 18.0 Å². The van der Waals surface area contributed by atoms with Crippen molar-refractivity contribution >= 4 is 11.8 Å². The van der Waals surface area contributed by atoms with Crippen molar-refractivity contribution in [3.05, 3.63) is 71.2 Å². The van der Waals surface area contributed by atoms with E-state index in [9.17, 15) is 0 Å². The number of nitrogens with zero attached hydrogens (tertiary/aromatic N) is 5. The maximum Gasteiger partial charge on any atom is 0.205 e. The van der Waals surface area contributed by atoms with Gasteiger partial charge in [-0.2, -0.15) is 0 Å². The summed E-state index contributed by atoms with van der Waals surface area (Å²) in [6.07, 6.45) is 5.45. The Bertz CT molecular complexity index is 1110. The number of hydrogen-bond donors (Lipinski definition) is 0. The number of oxazole rings is 1. The summed E-state index contributed by atoms with van der Waals surface area (Å²) in [7, 11) is 0. The second-order valence-electron chi connectivity index (χ2n) is 7.05. The molecule has 3 aromatic heterocycles. The van der Waals surface area contributed by atoms with Crippen molar-refractivity contribution in [1.29, 1.82) is 0 Å². The van der Waals surface area contributed by atoms with Crippen LogP contribution in [0, 0.1) is 13.8 Å². The number of aromatic nitrogens is 5. The van der Waals surface area contributed by atoms with Gasteiger partial charge in [-0.05, 0) is 49.9 Å². The Kier molecular flexibility index (Phi) is 5.99. The lowest BCUT2D eigenvalue weighted by Gasteiger charge is -2.17. The van der Waals surface area contributed by atoms with Crippen LogP contribution in [0.5, 0.6) is 0 Å². The van der Waals surface area contributed by atoms with Gasteiger partial charge in [0.2, 0.25) is 5.89 Å². The second kappa shape index (κ2) is 8.83. The van der Waals surface area contributed by atoms with Crippen molar-refractivity contribution in [3.63, 3.8) is 0 Å². The Labute approximate surface area is 180 Å². The fraction of sp³-hybridized carbons (Fsp3) is 0.304. The van der Waals surface area contributed by atoms with Crippen LogP contribution in [-0.4, -0.2) is 24.7 Å². The summed E-state index contributed by atoms with van der Waals surface area (Å²) in [6, 6.07) is 10.4. The molecule has 0 saturated carbocycles. The molecular formula is C23H25N5OS. The molecule has 0 N–H and O–H groups in total. The van der Waals surface area contributed by atoms with E-state index in [1.807, 2.05) is 32.2 Å². The topological polar surface area (TPSA) is 69.6 Å². The van der Waals surface area contributed by atoms with Crippen LogP contribution in [0.2, 0.25) is 0 Å². The lowest BCUT2D eigenvalue weighted by Crippen LogP contribution is -2.07. The number of pyridine rings is 1. The van der Waals surface area contributed by atoms with E-state index in [-0.39, 0.29) is 0 Å². The van der Waals surface area contributed by atoms with E-state index in [0.717, 1.165) is 46.5 Å². The molecule has 0 aliphatic heterocycles. The van der Waals surface area contributed by atoms with Gasteiger partial charge in [-0.3, -0.25) is 9.55 Å². The first kappa shape index (κ1) is 20.3. The monoisotopic (exact) mass is 419 g/mol. The average Bonchev–Trinajstić information content (AvgIpc) is 3.34. The summed E-state index contributed by atoms with van der Waals surface area (Å²) < 4.78 is 7.93. The van der Waals surface area contributed by atoms with Gasteiger partial charge in [0.25, 0.3) is 0 Å². The number of benzene rings is 1. The Morgan fingerprint density at radius 3 is 2.37 bits per heavy atom. The van der Waals surface area contributed by atoms with Crippen LogP contribution < -0.4 is 0 Å². The Morgan fingerprint density at radius 1 is 1.00 bits per heavy atom. The van der Waals surface area contributed by atoms with Crippen molar-refractivity contribution in [3.8, 4) is 17.1 Å². The van der Waals surface area contributed by atoms with Crippen molar-refractivity contribution in [2.45, 2.75) is 51.4 Å². The zero-order valence-corrected chi connectivity index (χ0v) is 18.5. The molecule has 0 radical (unpaired) electrons. The van der Waals surface area contributed by atoms with Gasteiger partial charge < -0.3 is 4.42 Å². The molecule has 0 fully saturated rings. The SMILES string of the molecule is CCc1cccc(CC)c1-n1c(SCc2nc(C)c(C)o2)nnc1-c1cccnc1. The maximum atomic E-state index is 5.76. The molecule has 7 heteroatoms. The zero-order chi connectivity index (χ0) is 21.1. The molecule has 0 aliphatic carbocycles. The number of aryl methyl sites for hydroxylation is 4. The van der Waals surface area contributed by atoms with Crippen molar-refractivity contribution in [1.82, 2.24) is 24.7 Å². The third-order valence-corrected chi connectivity index (χ3v) is 6.05. The fourth-order valence-electron chi connectivity index (χ4n) is 3.48. The molecule has 0 amide bonds. The molecule has 6 nitrogen and oxygen atoms in total. The van der Waals surface area contributed by atoms with Crippen LogP contribution in [0.25, 0.3) is 17.1 Å². The summed E-state index contributed by atoms with van der Waals surface area (Å²) >= 11 is 1.58. The number of rotatable bonds is 7. The molecule has 0 atom stereocenters. The Morgan fingerprint density at radius 2 is 1.77 bits per heavy atom. The molecule has 0 unspecified atom stereocenters. The summed E-state index contributed by atoms with van der Waals surface area (Å²) in [5, 5.41) is 9.91. The highest BCUT2D eigenvalue weighted by Crippen LogP contribution is 2.33. The first-order valence-corrected chi connectivity index (χ1v) is 11.1. The summed E-state index contributed by atoms with van der Waals surface area (Å²) in [4.78, 5) is 8.79. The smallest absolute Gasteiger partial charge is 0.205 e. The predicted molar refractivity (Wildman–Crippen MR) is 119 cm³/mol. The van der Waals surface area contributed by atoms with Gasteiger partial charge in [0.15, 0.2) is 11.0 Å². The van der Waals surface area contributed by atoms with Gasteiger partial charge in [-0.15, -0.1) is 10.2 Å². The van der Waals surface area contributed by atoms with Gasteiger partial charge >= 0.3 is 0 Å². The summed E-state index contributed by atoms with van der Waals surface area (Å²) in [5.74, 6) is 2.94.